The number of hydrogen-bond donors (Lipinski definition) is 1. The Labute approximate surface area is 195 Å². The molecule has 3 aromatic rings. The highest BCUT2D eigenvalue weighted by Gasteiger charge is 2.28. The summed E-state index contributed by atoms with van der Waals surface area (Å²) in [5.74, 6) is 0.123. The molecule has 0 aromatic heterocycles. The molecule has 0 fully saturated rings. The van der Waals surface area contributed by atoms with E-state index in [1.54, 1.807) is 42.5 Å². The van der Waals surface area contributed by atoms with Crippen LogP contribution in [0.5, 0.6) is 5.75 Å². The molecule has 1 aliphatic carbocycles. The van der Waals surface area contributed by atoms with Crippen LogP contribution in [0.1, 0.15) is 36.1 Å². The zero-order valence-electron chi connectivity index (χ0n) is 18.8. The van der Waals surface area contributed by atoms with E-state index < -0.39 is 10.0 Å². The van der Waals surface area contributed by atoms with Crippen LogP contribution >= 0.6 is 0 Å². The van der Waals surface area contributed by atoms with Gasteiger partial charge in [0.1, 0.15) is 12.3 Å². The van der Waals surface area contributed by atoms with E-state index in [0.717, 1.165) is 29.1 Å². The van der Waals surface area contributed by atoms with Crippen LogP contribution in [0.2, 0.25) is 0 Å². The fraction of sp³-hybridized carbons (Fsp3) is 0.269. The number of anilines is 1. The van der Waals surface area contributed by atoms with Gasteiger partial charge in [0.15, 0.2) is 0 Å². The van der Waals surface area contributed by atoms with Crippen molar-refractivity contribution in [1.82, 2.24) is 5.32 Å². The van der Waals surface area contributed by atoms with Gasteiger partial charge in [-0.25, -0.2) is 8.42 Å². The lowest BCUT2D eigenvalue weighted by molar-refractivity contribution is -0.120. The van der Waals surface area contributed by atoms with Gasteiger partial charge in [0.25, 0.3) is 10.0 Å². The number of carbonyl (C=O) groups is 1. The summed E-state index contributed by atoms with van der Waals surface area (Å²) in [6.07, 6.45) is 3.32. The highest BCUT2D eigenvalue weighted by atomic mass is 32.2. The number of benzene rings is 3. The van der Waals surface area contributed by atoms with Crippen LogP contribution < -0.4 is 14.4 Å². The topological polar surface area (TPSA) is 75.7 Å². The molecule has 1 amide bonds. The largest absolute Gasteiger partial charge is 0.497 e. The van der Waals surface area contributed by atoms with Crippen LogP contribution in [0.4, 0.5) is 5.69 Å². The molecule has 33 heavy (non-hydrogen) atoms. The van der Waals surface area contributed by atoms with Gasteiger partial charge in [0.2, 0.25) is 5.91 Å². The molecule has 0 saturated heterocycles. The Kier molecular flexibility index (Phi) is 6.70. The standard InChI is InChI=1S/C26H28N2O4S/c1-19(21-15-14-20-8-6-9-22(20)16-21)27-26(29)18-28(23-10-7-11-24(17-23)32-2)33(30,31)25-12-4-3-5-13-25/h3-5,7,10-17,19H,6,8-9,18H2,1-2H3,(H,27,29). The number of nitrogens with one attached hydrogen (secondary N) is 1. The molecule has 1 aliphatic rings. The Bertz CT molecular complexity index is 1240. The molecule has 0 radical (unpaired) electrons. The smallest absolute Gasteiger partial charge is 0.264 e. The van der Waals surface area contributed by atoms with Crippen molar-refractivity contribution >= 4 is 21.6 Å². The van der Waals surface area contributed by atoms with Crippen LogP contribution in [0.15, 0.2) is 77.7 Å². The quantitative estimate of drug-likeness (QED) is 0.541. The normalized spacial score (nSPS) is 13.8. The SMILES string of the molecule is COc1cccc(N(CC(=O)NC(C)c2ccc3c(c2)CCC3)S(=O)(=O)c2ccccc2)c1. The van der Waals surface area contributed by atoms with Crippen LogP contribution in [0, 0.1) is 0 Å². The zero-order chi connectivity index (χ0) is 23.4. The van der Waals surface area contributed by atoms with E-state index in [1.165, 1.54) is 30.4 Å². The van der Waals surface area contributed by atoms with Gasteiger partial charge < -0.3 is 10.1 Å². The van der Waals surface area contributed by atoms with Gasteiger partial charge in [-0.2, -0.15) is 0 Å². The Hall–Kier alpha value is -3.32. The summed E-state index contributed by atoms with van der Waals surface area (Å²) in [6.45, 7) is 1.57. The summed E-state index contributed by atoms with van der Waals surface area (Å²) in [5, 5.41) is 2.96. The fourth-order valence-electron chi connectivity index (χ4n) is 4.16. The van der Waals surface area contributed by atoms with Gasteiger partial charge in [-0.15, -0.1) is 0 Å². The van der Waals surface area contributed by atoms with E-state index in [4.69, 9.17) is 4.74 Å². The van der Waals surface area contributed by atoms with E-state index in [2.05, 4.69) is 17.4 Å². The summed E-state index contributed by atoms with van der Waals surface area (Å²) in [6, 6.07) is 20.9. The molecule has 3 aromatic carbocycles. The average molecular weight is 465 g/mol. The minimum absolute atomic E-state index is 0.118. The molecule has 6 nitrogen and oxygen atoms in total. The minimum atomic E-state index is -3.97. The number of sulfonamides is 1. The summed E-state index contributed by atoms with van der Waals surface area (Å²) >= 11 is 0. The number of amides is 1. The van der Waals surface area contributed by atoms with Crippen LogP contribution in [-0.4, -0.2) is 28.0 Å². The van der Waals surface area contributed by atoms with Crippen molar-refractivity contribution in [1.29, 1.82) is 0 Å². The van der Waals surface area contributed by atoms with Crippen molar-refractivity contribution < 1.29 is 17.9 Å². The number of nitrogens with zero attached hydrogens (tertiary/aromatic N) is 1. The Morgan fingerprint density at radius 3 is 2.52 bits per heavy atom. The lowest BCUT2D eigenvalue weighted by Crippen LogP contribution is -2.41. The molecule has 0 heterocycles. The molecule has 172 valence electrons. The maximum absolute atomic E-state index is 13.5. The van der Waals surface area contributed by atoms with Gasteiger partial charge >= 0.3 is 0 Å². The number of fused-ring (bicyclic) bond motifs is 1. The van der Waals surface area contributed by atoms with Gasteiger partial charge in [-0.1, -0.05) is 42.5 Å². The summed E-state index contributed by atoms with van der Waals surface area (Å²) in [5.41, 5.74) is 4.08. The zero-order valence-corrected chi connectivity index (χ0v) is 19.6. The lowest BCUT2D eigenvalue weighted by atomic mass is 10.0. The van der Waals surface area contributed by atoms with Crippen molar-refractivity contribution in [3.63, 3.8) is 0 Å². The maximum Gasteiger partial charge on any atom is 0.264 e. The van der Waals surface area contributed by atoms with E-state index in [9.17, 15) is 13.2 Å². The van der Waals surface area contributed by atoms with Crippen LogP contribution in [0.25, 0.3) is 0 Å². The first kappa shape index (κ1) is 22.9. The molecule has 1 atom stereocenters. The number of aryl methyl sites for hydroxylation is 2. The molecule has 7 heteroatoms. The molecule has 1 N–H and O–H groups in total. The summed E-state index contributed by atoms with van der Waals surface area (Å²) < 4.78 is 33.3. The first-order valence-electron chi connectivity index (χ1n) is 11.0. The average Bonchev–Trinajstić information content (AvgIpc) is 3.31. The van der Waals surface area contributed by atoms with Crippen molar-refractivity contribution in [2.75, 3.05) is 18.0 Å². The van der Waals surface area contributed by atoms with E-state index >= 15 is 0 Å². The number of hydrogen-bond acceptors (Lipinski definition) is 4. The molecule has 0 aliphatic heterocycles. The molecule has 0 bridgehead atoms. The molecule has 1 unspecified atom stereocenters. The summed E-state index contributed by atoms with van der Waals surface area (Å²) in [4.78, 5) is 13.1. The lowest BCUT2D eigenvalue weighted by Gasteiger charge is -2.25. The van der Waals surface area contributed by atoms with Gasteiger partial charge in [0, 0.05) is 6.07 Å². The molecular formula is C26H28N2O4S. The minimum Gasteiger partial charge on any atom is -0.497 e. The third-order valence-electron chi connectivity index (χ3n) is 5.96. The third kappa shape index (κ3) is 5.03. The second-order valence-electron chi connectivity index (χ2n) is 8.20. The molecule has 4 rings (SSSR count). The molecular weight excluding hydrogens is 436 g/mol. The Morgan fingerprint density at radius 1 is 1.00 bits per heavy atom. The van der Waals surface area contributed by atoms with Gasteiger partial charge in [0.05, 0.1) is 23.7 Å². The Morgan fingerprint density at radius 2 is 1.76 bits per heavy atom. The molecule has 0 spiro atoms. The number of carbonyl (C=O) groups excluding carboxylic acids is 1. The fourth-order valence-corrected chi connectivity index (χ4v) is 5.60. The van der Waals surface area contributed by atoms with E-state index in [0.29, 0.717) is 11.4 Å². The number of methoxy groups -OCH3 is 1. The maximum atomic E-state index is 13.5. The summed E-state index contributed by atoms with van der Waals surface area (Å²) in [7, 11) is -2.45. The Balaban J connectivity index is 1.59. The number of rotatable bonds is 8. The van der Waals surface area contributed by atoms with E-state index in [1.807, 2.05) is 13.0 Å². The predicted octanol–water partition coefficient (Wildman–Crippen LogP) is 4.26. The van der Waals surface area contributed by atoms with Gasteiger partial charge in [-0.05, 0) is 67.1 Å². The predicted molar refractivity (Wildman–Crippen MR) is 129 cm³/mol. The highest BCUT2D eigenvalue weighted by molar-refractivity contribution is 7.92. The van der Waals surface area contributed by atoms with Gasteiger partial charge in [-0.3, -0.25) is 9.10 Å². The monoisotopic (exact) mass is 464 g/mol. The molecule has 0 saturated carbocycles. The second-order valence-corrected chi connectivity index (χ2v) is 10.1. The van der Waals surface area contributed by atoms with Crippen LogP contribution in [-0.2, 0) is 27.7 Å². The third-order valence-corrected chi connectivity index (χ3v) is 7.75. The second kappa shape index (κ2) is 9.67. The van der Waals surface area contributed by atoms with Crippen molar-refractivity contribution in [3.8, 4) is 5.75 Å². The number of ether oxygens (including phenoxy) is 1. The first-order valence-corrected chi connectivity index (χ1v) is 12.5. The van der Waals surface area contributed by atoms with Crippen molar-refractivity contribution in [2.45, 2.75) is 37.1 Å². The highest BCUT2D eigenvalue weighted by Crippen LogP contribution is 2.28. The van der Waals surface area contributed by atoms with Crippen molar-refractivity contribution in [3.05, 3.63) is 89.5 Å². The first-order chi connectivity index (χ1) is 15.9. The van der Waals surface area contributed by atoms with E-state index in [-0.39, 0.29) is 23.4 Å². The van der Waals surface area contributed by atoms with Crippen LogP contribution in [0.3, 0.4) is 0 Å². The van der Waals surface area contributed by atoms with Crippen molar-refractivity contribution in [2.24, 2.45) is 0 Å².